The largest absolute Gasteiger partial charge is 0.323 e. The van der Waals surface area contributed by atoms with Crippen molar-refractivity contribution in [2.75, 3.05) is 0 Å². The van der Waals surface area contributed by atoms with Crippen molar-refractivity contribution in [3.63, 3.8) is 0 Å². The van der Waals surface area contributed by atoms with Crippen molar-refractivity contribution in [2.24, 2.45) is 4.99 Å². The molecule has 3 aliphatic rings. The van der Waals surface area contributed by atoms with E-state index in [2.05, 4.69) is 177 Å². The van der Waals surface area contributed by atoms with Crippen molar-refractivity contribution >= 4 is 16.7 Å². The van der Waals surface area contributed by atoms with Crippen LogP contribution >= 0.6 is 0 Å². The molecule has 1 heterocycles. The highest BCUT2D eigenvalue weighted by Gasteiger charge is 2.51. The molecule has 3 aliphatic carbocycles. The highest BCUT2D eigenvalue weighted by Crippen LogP contribution is 2.63. The van der Waals surface area contributed by atoms with Gasteiger partial charge in [-0.05, 0) is 102 Å². The highest BCUT2D eigenvalue weighted by molar-refractivity contribution is 6.00. The van der Waals surface area contributed by atoms with Gasteiger partial charge in [0, 0.05) is 21.9 Å². The summed E-state index contributed by atoms with van der Waals surface area (Å²) >= 11 is 0. The molecule has 4 heteroatoms. The van der Waals surface area contributed by atoms with E-state index < -0.39 is 5.41 Å². The number of H-pyrrole nitrogens is 1. The summed E-state index contributed by atoms with van der Waals surface area (Å²) in [4.78, 5) is 13.4. The predicted molar refractivity (Wildman–Crippen MR) is 240 cm³/mol. The van der Waals surface area contributed by atoms with Crippen molar-refractivity contribution in [1.82, 2.24) is 9.97 Å². The number of fused-ring (bicyclic) bond motifs is 14. The Morgan fingerprint density at radius 2 is 0.983 bits per heavy atom. The molecule has 59 heavy (non-hydrogen) atoms. The second kappa shape index (κ2) is 12.3. The van der Waals surface area contributed by atoms with Crippen LogP contribution in [-0.4, -0.2) is 15.8 Å². The lowest BCUT2D eigenvalue weighted by atomic mass is 9.70. The predicted octanol–water partition coefficient (Wildman–Crippen LogP) is 12.5. The van der Waals surface area contributed by atoms with Gasteiger partial charge >= 0.3 is 0 Å². The van der Waals surface area contributed by atoms with Crippen molar-refractivity contribution in [2.45, 2.75) is 24.7 Å². The van der Waals surface area contributed by atoms with E-state index in [1.54, 1.807) is 0 Å². The quantitative estimate of drug-likeness (QED) is 0.137. The number of nitrogens with one attached hydrogen (secondary N) is 2. The lowest BCUT2D eigenvalue weighted by Gasteiger charge is -2.30. The Labute approximate surface area is 342 Å². The zero-order chi connectivity index (χ0) is 39.5. The van der Waals surface area contributed by atoms with Crippen LogP contribution < -0.4 is 5.62 Å². The van der Waals surface area contributed by atoms with E-state index in [4.69, 9.17) is 9.98 Å². The minimum absolute atomic E-state index is 0.130. The third-order valence-corrected chi connectivity index (χ3v) is 13.2. The zero-order valence-corrected chi connectivity index (χ0v) is 32.7. The van der Waals surface area contributed by atoms with Gasteiger partial charge in [-0.1, -0.05) is 172 Å². The second-order valence-electron chi connectivity index (χ2n) is 16.6. The van der Waals surface area contributed by atoms with Gasteiger partial charge in [0.2, 0.25) is 5.62 Å². The first kappa shape index (κ1) is 33.7. The molecule has 0 radical (unpaired) electrons. The minimum Gasteiger partial charge on any atom is -0.323 e. The van der Waals surface area contributed by atoms with E-state index in [9.17, 15) is 5.41 Å². The lowest BCUT2D eigenvalue weighted by Crippen LogP contribution is -2.25. The van der Waals surface area contributed by atoms with Crippen LogP contribution in [0, 0.1) is 5.41 Å². The number of para-hydroxylation sites is 1. The first-order chi connectivity index (χ1) is 28.9. The van der Waals surface area contributed by atoms with Gasteiger partial charge < -0.3 is 4.98 Å². The van der Waals surface area contributed by atoms with Crippen molar-refractivity contribution in [3.05, 3.63) is 227 Å². The van der Waals surface area contributed by atoms with E-state index >= 15 is 0 Å². The number of hydrogen-bond donors (Lipinski definition) is 2. The summed E-state index contributed by atoms with van der Waals surface area (Å²) in [5.74, 6) is 0.144. The van der Waals surface area contributed by atoms with Gasteiger partial charge in [-0.2, -0.15) is 4.99 Å². The Bertz CT molecular complexity index is 3280. The molecule has 0 bridgehead atoms. The number of aromatic amines is 1. The normalized spacial score (nSPS) is 14.7. The maximum Gasteiger partial charge on any atom is 0.229 e. The van der Waals surface area contributed by atoms with Crippen LogP contribution in [0.2, 0.25) is 0 Å². The van der Waals surface area contributed by atoms with E-state index in [-0.39, 0.29) is 11.3 Å². The molecule has 1 aromatic heterocycles. The number of benzene rings is 8. The molecule has 0 amide bonds. The fourth-order valence-electron chi connectivity index (χ4n) is 10.5. The topological polar surface area (TPSA) is 64.9 Å². The molecular weight excluding hydrogens is 717 g/mol. The number of hydrogen-bond acceptors (Lipinski definition) is 2. The van der Waals surface area contributed by atoms with E-state index in [0.29, 0.717) is 5.62 Å². The van der Waals surface area contributed by atoms with Crippen molar-refractivity contribution in [3.8, 4) is 55.8 Å². The zero-order valence-electron chi connectivity index (χ0n) is 32.7. The molecule has 1 spiro atoms. The van der Waals surface area contributed by atoms with Gasteiger partial charge in [-0.25, -0.2) is 4.98 Å². The van der Waals surface area contributed by atoms with Crippen LogP contribution in [0.5, 0.6) is 0 Å². The molecule has 0 atom stereocenters. The van der Waals surface area contributed by atoms with Gasteiger partial charge in [0.1, 0.15) is 0 Å². The van der Waals surface area contributed by atoms with Gasteiger partial charge in [-0.15, -0.1) is 0 Å². The number of amidine groups is 1. The standard InChI is InChI=1S/C55H38N4/c1-54(2)44-21-8-3-16-37(44)41-29-27-35(32-48(41)54)51-43-20-7-12-25-50(43)57-53(58-51)59-52(56)36-15-13-14-33(30-36)34-26-28-42-40-19-6-11-24-47(40)55(49(42)31-34)45-22-9-4-17-38(45)39-18-5-10-23-46(39)55/h3-32H,1-2H3,(H2,56,57,58,59). The summed E-state index contributed by atoms with van der Waals surface area (Å²) in [5.41, 5.74) is 21.1. The molecule has 2 N–H and O–H groups in total. The smallest absolute Gasteiger partial charge is 0.229 e. The molecule has 0 saturated carbocycles. The Hall–Kier alpha value is -7.43. The third kappa shape index (κ3) is 4.69. The fraction of sp³-hybridized carbons (Fsp3) is 0.0727. The van der Waals surface area contributed by atoms with Crippen LogP contribution in [0.1, 0.15) is 52.8 Å². The summed E-state index contributed by atoms with van der Waals surface area (Å²) in [5, 5.41) is 10.3. The van der Waals surface area contributed by atoms with Crippen LogP contribution in [0.15, 0.2) is 187 Å². The monoisotopic (exact) mass is 754 g/mol. The number of rotatable bonds is 3. The third-order valence-electron chi connectivity index (χ3n) is 13.2. The van der Waals surface area contributed by atoms with Crippen LogP contribution in [0.3, 0.4) is 0 Å². The second-order valence-corrected chi connectivity index (χ2v) is 16.6. The summed E-state index contributed by atoms with van der Waals surface area (Å²) < 4.78 is 0. The first-order valence-corrected chi connectivity index (χ1v) is 20.3. The fourth-order valence-corrected chi connectivity index (χ4v) is 10.5. The molecule has 9 aromatic rings. The van der Waals surface area contributed by atoms with E-state index in [1.807, 2.05) is 24.3 Å². The molecule has 278 valence electrons. The van der Waals surface area contributed by atoms with Crippen LogP contribution in [0.4, 0.5) is 0 Å². The summed E-state index contributed by atoms with van der Waals surface area (Å²) in [7, 11) is 0. The maximum absolute atomic E-state index is 9.31. The lowest BCUT2D eigenvalue weighted by molar-refractivity contribution is 0.660. The summed E-state index contributed by atoms with van der Waals surface area (Å²) in [6.45, 7) is 4.60. The van der Waals surface area contributed by atoms with Crippen molar-refractivity contribution < 1.29 is 0 Å². The average Bonchev–Trinajstić information content (AvgIpc) is 3.84. The average molecular weight is 755 g/mol. The van der Waals surface area contributed by atoms with Gasteiger partial charge in [-0.3, -0.25) is 5.41 Å². The molecule has 0 aliphatic heterocycles. The maximum atomic E-state index is 9.31. The van der Waals surface area contributed by atoms with Crippen LogP contribution in [0.25, 0.3) is 66.7 Å². The molecule has 0 unspecified atom stereocenters. The molecule has 0 fully saturated rings. The SMILES string of the molecule is CC1(C)c2ccccc2-c2ccc(-c3n/c(=N/C(=N)c4cccc(-c5ccc6c(c5)C5(c7ccccc7-c7ccccc75)c5ccccc5-6)c4)[nH]c4ccccc34)cc21. The number of nitrogens with zero attached hydrogens (tertiary/aromatic N) is 2. The number of aromatic nitrogens is 2. The van der Waals surface area contributed by atoms with Gasteiger partial charge in [0.25, 0.3) is 0 Å². The summed E-state index contributed by atoms with van der Waals surface area (Å²) in [6.07, 6.45) is 0. The van der Waals surface area contributed by atoms with E-state index in [1.165, 1.54) is 66.8 Å². The Morgan fingerprint density at radius 3 is 1.66 bits per heavy atom. The Balaban J connectivity index is 0.954. The Kier molecular flexibility index (Phi) is 7.01. The minimum atomic E-state index is -0.414. The molecule has 12 rings (SSSR count). The summed E-state index contributed by atoms with van der Waals surface area (Å²) in [6, 6.07) is 65.4. The first-order valence-electron chi connectivity index (χ1n) is 20.3. The Morgan fingerprint density at radius 1 is 0.475 bits per heavy atom. The van der Waals surface area contributed by atoms with Crippen molar-refractivity contribution in [1.29, 1.82) is 5.41 Å². The highest BCUT2D eigenvalue weighted by atomic mass is 15.0. The van der Waals surface area contributed by atoms with Crippen LogP contribution in [-0.2, 0) is 10.8 Å². The van der Waals surface area contributed by atoms with Gasteiger partial charge in [0.05, 0.1) is 16.6 Å². The molecule has 8 aromatic carbocycles. The molecule has 4 nitrogen and oxygen atoms in total. The van der Waals surface area contributed by atoms with Gasteiger partial charge in [0.15, 0.2) is 5.84 Å². The molecule has 0 saturated heterocycles. The van der Waals surface area contributed by atoms with E-state index in [0.717, 1.165) is 38.9 Å². The molecular formula is C55H38N4.